The molecule has 0 aromatic heterocycles. The van der Waals surface area contributed by atoms with Crippen molar-refractivity contribution in [2.75, 3.05) is 11.9 Å². The second-order valence-corrected chi connectivity index (χ2v) is 5.70. The summed E-state index contributed by atoms with van der Waals surface area (Å²) in [5.41, 5.74) is 6.98. The third-order valence-corrected chi connectivity index (χ3v) is 4.40. The molecule has 4 nitrogen and oxygen atoms in total. The number of carbonyl (C=O) groups excluding carboxylic acids is 1. The summed E-state index contributed by atoms with van der Waals surface area (Å²) in [5, 5.41) is 12.8. The summed E-state index contributed by atoms with van der Waals surface area (Å²) in [6, 6.07) is 5.33. The normalized spacial score (nSPS) is 17.7. The van der Waals surface area contributed by atoms with E-state index in [0.29, 0.717) is 12.2 Å². The molecule has 0 unspecified atom stereocenters. The lowest BCUT2D eigenvalue weighted by Crippen LogP contribution is -2.43. The highest BCUT2D eigenvalue weighted by molar-refractivity contribution is 5.96. The van der Waals surface area contributed by atoms with Crippen LogP contribution in [0.5, 0.6) is 5.75 Å². The number of phenolic OH excluding ortho intramolecular Hbond substituents is 1. The number of phenols is 1. The van der Waals surface area contributed by atoms with E-state index in [4.69, 9.17) is 5.73 Å². The van der Waals surface area contributed by atoms with Gasteiger partial charge in [-0.2, -0.15) is 0 Å². The van der Waals surface area contributed by atoms with Gasteiger partial charge in [0.1, 0.15) is 5.75 Å². The molecule has 0 spiro atoms. The smallest absolute Gasteiger partial charge is 0.231 e. The Bertz CT molecular complexity index is 479. The second-order valence-electron chi connectivity index (χ2n) is 5.70. The van der Waals surface area contributed by atoms with Gasteiger partial charge >= 0.3 is 0 Å². The maximum absolute atomic E-state index is 12.6. The molecule has 0 saturated heterocycles. The number of benzene rings is 1. The number of nitrogens with two attached hydrogens (primary N) is 1. The van der Waals surface area contributed by atoms with E-state index < -0.39 is 5.41 Å². The summed E-state index contributed by atoms with van der Waals surface area (Å²) < 4.78 is 0. The highest BCUT2D eigenvalue weighted by atomic mass is 16.3. The zero-order chi connectivity index (χ0) is 14.6. The van der Waals surface area contributed by atoms with E-state index in [1.807, 2.05) is 19.1 Å². The molecule has 2 rings (SSSR count). The first-order valence-corrected chi connectivity index (χ1v) is 7.45. The van der Waals surface area contributed by atoms with Gasteiger partial charge in [0.25, 0.3) is 0 Å². The molecule has 1 fully saturated rings. The maximum atomic E-state index is 12.6. The highest BCUT2D eigenvalue weighted by Crippen LogP contribution is 2.37. The Balaban J connectivity index is 2.18. The number of hydrogen-bond donors (Lipinski definition) is 3. The van der Waals surface area contributed by atoms with Gasteiger partial charge in [-0.1, -0.05) is 32.3 Å². The number of nitrogens with one attached hydrogen (secondary N) is 1. The average Bonchev–Trinajstić information content (AvgIpc) is 2.50. The standard InChI is InChI=1S/C16H24N2O2/c1-2-12-6-7-14(19)13(10-12)18-15(20)16(11-17)8-4-3-5-9-16/h6-7,10,19H,2-5,8-9,11,17H2,1H3,(H,18,20). The van der Waals surface area contributed by atoms with Gasteiger partial charge in [0, 0.05) is 6.54 Å². The lowest BCUT2D eigenvalue weighted by molar-refractivity contribution is -0.126. The van der Waals surface area contributed by atoms with Crippen LogP contribution in [-0.4, -0.2) is 17.6 Å². The second kappa shape index (κ2) is 6.27. The van der Waals surface area contributed by atoms with Crippen molar-refractivity contribution in [3.05, 3.63) is 23.8 Å². The first kappa shape index (κ1) is 14.9. The maximum Gasteiger partial charge on any atom is 0.231 e. The zero-order valence-electron chi connectivity index (χ0n) is 12.1. The van der Waals surface area contributed by atoms with Gasteiger partial charge in [0.15, 0.2) is 0 Å². The minimum absolute atomic E-state index is 0.0525. The quantitative estimate of drug-likeness (QED) is 0.740. The van der Waals surface area contributed by atoms with E-state index in [9.17, 15) is 9.90 Å². The Morgan fingerprint density at radius 1 is 1.35 bits per heavy atom. The SMILES string of the molecule is CCc1ccc(O)c(NC(=O)C2(CN)CCCCC2)c1. The highest BCUT2D eigenvalue weighted by Gasteiger charge is 2.38. The topological polar surface area (TPSA) is 75.3 Å². The molecule has 110 valence electrons. The van der Waals surface area contributed by atoms with Crippen LogP contribution in [0.15, 0.2) is 18.2 Å². The summed E-state index contributed by atoms with van der Waals surface area (Å²) in [4.78, 5) is 12.6. The van der Waals surface area contributed by atoms with Gasteiger partial charge in [-0.15, -0.1) is 0 Å². The molecule has 4 N–H and O–H groups in total. The molecule has 20 heavy (non-hydrogen) atoms. The molecule has 4 heteroatoms. The van der Waals surface area contributed by atoms with Crippen LogP contribution >= 0.6 is 0 Å². The monoisotopic (exact) mass is 276 g/mol. The van der Waals surface area contributed by atoms with Crippen molar-refractivity contribution < 1.29 is 9.90 Å². The van der Waals surface area contributed by atoms with E-state index in [2.05, 4.69) is 5.32 Å². The summed E-state index contributed by atoms with van der Waals surface area (Å²) in [6.07, 6.45) is 5.81. The van der Waals surface area contributed by atoms with Crippen molar-refractivity contribution in [3.8, 4) is 5.75 Å². The van der Waals surface area contributed by atoms with Crippen molar-refractivity contribution in [2.24, 2.45) is 11.1 Å². The molecule has 1 aromatic carbocycles. The third-order valence-electron chi connectivity index (χ3n) is 4.40. The molecular formula is C16H24N2O2. The molecule has 1 aromatic rings. The van der Waals surface area contributed by atoms with Gasteiger partial charge in [-0.25, -0.2) is 0 Å². The minimum atomic E-state index is -0.465. The molecule has 1 saturated carbocycles. The summed E-state index contributed by atoms with van der Waals surface area (Å²) in [7, 11) is 0. The first-order chi connectivity index (χ1) is 9.61. The predicted molar refractivity (Wildman–Crippen MR) is 80.7 cm³/mol. The van der Waals surface area contributed by atoms with Crippen LogP contribution in [0.4, 0.5) is 5.69 Å². The van der Waals surface area contributed by atoms with E-state index in [0.717, 1.165) is 37.7 Å². The molecule has 0 atom stereocenters. The van der Waals surface area contributed by atoms with Crippen LogP contribution in [-0.2, 0) is 11.2 Å². The Kier molecular flexibility index (Phi) is 4.65. The van der Waals surface area contributed by atoms with Gasteiger partial charge in [0.2, 0.25) is 5.91 Å². The molecule has 0 bridgehead atoms. The lowest BCUT2D eigenvalue weighted by Gasteiger charge is -2.34. The minimum Gasteiger partial charge on any atom is -0.506 e. The Hall–Kier alpha value is -1.55. The van der Waals surface area contributed by atoms with Crippen molar-refractivity contribution in [1.29, 1.82) is 0 Å². The van der Waals surface area contributed by atoms with Gasteiger partial charge in [-0.05, 0) is 37.0 Å². The van der Waals surface area contributed by atoms with Crippen LogP contribution < -0.4 is 11.1 Å². The molecular weight excluding hydrogens is 252 g/mol. The molecule has 0 aliphatic heterocycles. The number of aryl methyl sites for hydroxylation is 1. The molecule has 0 heterocycles. The Morgan fingerprint density at radius 2 is 2.05 bits per heavy atom. The van der Waals surface area contributed by atoms with Crippen LogP contribution in [0.2, 0.25) is 0 Å². The molecule has 0 radical (unpaired) electrons. The number of amides is 1. The average molecular weight is 276 g/mol. The molecule has 1 aliphatic rings. The molecule has 1 aliphatic carbocycles. The van der Waals surface area contributed by atoms with Gasteiger partial charge in [-0.3, -0.25) is 4.79 Å². The summed E-state index contributed by atoms with van der Waals surface area (Å²) in [5.74, 6) is 0.0572. The number of carbonyl (C=O) groups is 1. The molecule has 1 amide bonds. The number of rotatable bonds is 4. The van der Waals surface area contributed by atoms with Crippen LogP contribution in [0.1, 0.15) is 44.6 Å². The van der Waals surface area contributed by atoms with E-state index in [1.54, 1.807) is 6.07 Å². The van der Waals surface area contributed by atoms with Crippen LogP contribution in [0.3, 0.4) is 0 Å². The van der Waals surface area contributed by atoms with E-state index in [1.165, 1.54) is 6.42 Å². The van der Waals surface area contributed by atoms with Gasteiger partial charge in [0.05, 0.1) is 11.1 Å². The number of hydrogen-bond acceptors (Lipinski definition) is 3. The number of anilines is 1. The fraction of sp³-hybridized carbons (Fsp3) is 0.562. The Morgan fingerprint density at radius 3 is 2.65 bits per heavy atom. The third kappa shape index (κ3) is 2.96. The van der Waals surface area contributed by atoms with Crippen molar-refractivity contribution in [2.45, 2.75) is 45.4 Å². The first-order valence-electron chi connectivity index (χ1n) is 7.45. The summed E-state index contributed by atoms with van der Waals surface area (Å²) >= 11 is 0. The van der Waals surface area contributed by atoms with Crippen molar-refractivity contribution in [1.82, 2.24) is 0 Å². The van der Waals surface area contributed by atoms with Gasteiger partial charge < -0.3 is 16.2 Å². The fourth-order valence-electron chi connectivity index (χ4n) is 2.91. The van der Waals surface area contributed by atoms with Crippen molar-refractivity contribution >= 4 is 11.6 Å². The van der Waals surface area contributed by atoms with E-state index in [-0.39, 0.29) is 11.7 Å². The Labute approximate surface area is 120 Å². The largest absolute Gasteiger partial charge is 0.506 e. The summed E-state index contributed by atoms with van der Waals surface area (Å²) in [6.45, 7) is 2.41. The number of aromatic hydroxyl groups is 1. The fourth-order valence-corrected chi connectivity index (χ4v) is 2.91. The van der Waals surface area contributed by atoms with Crippen LogP contribution in [0.25, 0.3) is 0 Å². The lowest BCUT2D eigenvalue weighted by atomic mass is 9.73. The zero-order valence-corrected chi connectivity index (χ0v) is 12.1. The predicted octanol–water partition coefficient (Wildman–Crippen LogP) is 2.80. The van der Waals surface area contributed by atoms with Crippen molar-refractivity contribution in [3.63, 3.8) is 0 Å². The van der Waals surface area contributed by atoms with E-state index >= 15 is 0 Å². The van der Waals surface area contributed by atoms with Crippen LogP contribution in [0, 0.1) is 5.41 Å².